The number of imidazole rings is 1. The quantitative estimate of drug-likeness (QED) is 0.427. The average molecular weight is 414 g/mol. The van der Waals surface area contributed by atoms with E-state index in [-0.39, 0.29) is 0 Å². The zero-order chi connectivity index (χ0) is 22.0. The van der Waals surface area contributed by atoms with Gasteiger partial charge in [-0.3, -0.25) is 4.40 Å². The van der Waals surface area contributed by atoms with Gasteiger partial charge in [-0.2, -0.15) is 0 Å². The van der Waals surface area contributed by atoms with Crippen LogP contribution in [0.4, 0.5) is 5.82 Å². The summed E-state index contributed by atoms with van der Waals surface area (Å²) < 4.78 is 2.05. The topological polar surface area (TPSA) is 88.5 Å². The molecule has 31 heavy (non-hydrogen) atoms. The summed E-state index contributed by atoms with van der Waals surface area (Å²) in [7, 11) is 0. The molecule has 0 atom stereocenters. The van der Waals surface area contributed by atoms with E-state index in [1.54, 1.807) is 13.8 Å². The predicted octanol–water partition coefficient (Wildman–Crippen LogP) is 4.69. The van der Waals surface area contributed by atoms with Gasteiger partial charge in [0.25, 0.3) is 0 Å². The molecule has 0 bridgehead atoms. The lowest BCUT2D eigenvalue weighted by atomic mass is 9.97. The van der Waals surface area contributed by atoms with Crippen molar-refractivity contribution < 1.29 is 5.11 Å². The first-order valence-electron chi connectivity index (χ1n) is 10.3. The van der Waals surface area contributed by atoms with Crippen LogP contribution in [-0.4, -0.2) is 19.5 Å². The van der Waals surface area contributed by atoms with E-state index < -0.39 is 5.60 Å². The van der Waals surface area contributed by atoms with Gasteiger partial charge in [0.05, 0.1) is 29.2 Å². The van der Waals surface area contributed by atoms with Crippen molar-refractivity contribution in [3.05, 3.63) is 84.3 Å². The molecule has 4 aromatic rings. The van der Waals surface area contributed by atoms with Crippen molar-refractivity contribution in [1.82, 2.24) is 14.4 Å². The maximum atomic E-state index is 10.3. The molecule has 0 aliphatic carbocycles. The second-order valence-electron chi connectivity index (χ2n) is 7.95. The minimum atomic E-state index is -0.894. The van der Waals surface area contributed by atoms with Gasteiger partial charge in [-0.15, -0.1) is 0 Å². The fourth-order valence-electron chi connectivity index (χ4n) is 3.58. The first kappa shape index (κ1) is 20.8. The first-order chi connectivity index (χ1) is 14.9. The number of aliphatic hydroxyl groups is 1. The van der Waals surface area contributed by atoms with Gasteiger partial charge in [-0.25, -0.2) is 9.97 Å². The standard InChI is InChI=1S/C25H27N5O/c1-4-13-27-22-16-30-21(15-28-22)23(17-9-11-19(12-10-17)25(2,3)31)29-24(30)20-8-6-5-7-18(20)14-26/h4-13,15-16,27,31H,14,26H2,1-3H3/b13-4-. The molecule has 4 N–H and O–H groups in total. The monoisotopic (exact) mass is 413 g/mol. The van der Waals surface area contributed by atoms with Crippen molar-refractivity contribution in [1.29, 1.82) is 0 Å². The molecule has 0 fully saturated rings. The van der Waals surface area contributed by atoms with Crippen LogP contribution in [0.15, 0.2) is 73.2 Å². The van der Waals surface area contributed by atoms with E-state index in [1.165, 1.54) is 0 Å². The summed E-state index contributed by atoms with van der Waals surface area (Å²) in [4.78, 5) is 9.56. The second-order valence-corrected chi connectivity index (χ2v) is 7.95. The maximum absolute atomic E-state index is 10.3. The van der Waals surface area contributed by atoms with Crippen molar-refractivity contribution in [2.24, 2.45) is 5.73 Å². The molecule has 0 amide bonds. The van der Waals surface area contributed by atoms with Crippen molar-refractivity contribution in [3.63, 3.8) is 0 Å². The molecular formula is C25H27N5O. The van der Waals surface area contributed by atoms with Crippen LogP contribution in [0, 0.1) is 0 Å². The molecule has 0 spiro atoms. The minimum absolute atomic E-state index is 0.426. The number of allylic oxidation sites excluding steroid dienone is 1. The van der Waals surface area contributed by atoms with E-state index in [0.29, 0.717) is 6.54 Å². The van der Waals surface area contributed by atoms with Gasteiger partial charge in [0.15, 0.2) is 0 Å². The van der Waals surface area contributed by atoms with Gasteiger partial charge in [0.1, 0.15) is 11.6 Å². The number of hydrogen-bond acceptors (Lipinski definition) is 5. The summed E-state index contributed by atoms with van der Waals surface area (Å²) in [6, 6.07) is 15.9. The fraction of sp³-hybridized carbons (Fsp3) is 0.200. The van der Waals surface area contributed by atoms with Gasteiger partial charge < -0.3 is 16.2 Å². The van der Waals surface area contributed by atoms with E-state index in [0.717, 1.165) is 45.1 Å². The molecule has 0 saturated heterocycles. The Morgan fingerprint density at radius 1 is 1.13 bits per heavy atom. The highest BCUT2D eigenvalue weighted by Crippen LogP contribution is 2.32. The molecule has 6 heteroatoms. The summed E-state index contributed by atoms with van der Waals surface area (Å²) in [5.74, 6) is 1.53. The zero-order valence-electron chi connectivity index (χ0n) is 18.0. The Balaban J connectivity index is 1.92. The largest absolute Gasteiger partial charge is 0.386 e. The van der Waals surface area contributed by atoms with Gasteiger partial charge in [0, 0.05) is 17.7 Å². The zero-order valence-corrected chi connectivity index (χ0v) is 18.0. The lowest BCUT2D eigenvalue weighted by Gasteiger charge is -2.17. The number of aromatic nitrogens is 3. The number of fused-ring (bicyclic) bond motifs is 1. The van der Waals surface area contributed by atoms with E-state index >= 15 is 0 Å². The van der Waals surface area contributed by atoms with Crippen molar-refractivity contribution >= 4 is 11.3 Å². The third kappa shape index (κ3) is 4.08. The smallest absolute Gasteiger partial charge is 0.146 e. The summed E-state index contributed by atoms with van der Waals surface area (Å²) in [5, 5.41) is 13.5. The molecular weight excluding hydrogens is 386 g/mol. The van der Waals surface area contributed by atoms with Crippen molar-refractivity contribution in [2.75, 3.05) is 5.32 Å². The van der Waals surface area contributed by atoms with E-state index in [1.807, 2.05) is 84.5 Å². The van der Waals surface area contributed by atoms with Crippen LogP contribution in [-0.2, 0) is 12.1 Å². The fourth-order valence-corrected chi connectivity index (χ4v) is 3.58. The van der Waals surface area contributed by atoms with Crippen LogP contribution in [0.2, 0.25) is 0 Å². The second kappa shape index (κ2) is 8.34. The number of hydrogen-bond donors (Lipinski definition) is 3. The highest BCUT2D eigenvalue weighted by atomic mass is 16.3. The molecule has 2 aromatic carbocycles. The van der Waals surface area contributed by atoms with Gasteiger partial charge in [-0.1, -0.05) is 54.6 Å². The van der Waals surface area contributed by atoms with Crippen molar-refractivity contribution in [2.45, 2.75) is 32.9 Å². The molecule has 2 heterocycles. The Kier molecular flexibility index (Phi) is 5.59. The van der Waals surface area contributed by atoms with Gasteiger partial charge in [-0.05, 0) is 38.1 Å². The molecule has 0 unspecified atom stereocenters. The number of rotatable bonds is 6. The number of benzene rings is 2. The minimum Gasteiger partial charge on any atom is -0.386 e. The molecule has 0 aliphatic rings. The molecule has 0 saturated carbocycles. The maximum Gasteiger partial charge on any atom is 0.146 e. The summed E-state index contributed by atoms with van der Waals surface area (Å²) in [6.07, 6.45) is 7.53. The van der Waals surface area contributed by atoms with E-state index in [9.17, 15) is 5.11 Å². The number of nitrogens with zero attached hydrogens (tertiary/aromatic N) is 3. The highest BCUT2D eigenvalue weighted by Gasteiger charge is 2.19. The molecule has 0 aliphatic heterocycles. The SMILES string of the molecule is C/C=C\Nc1cn2c(-c3ccccc3CN)nc(-c3ccc(C(C)(C)O)cc3)c2cn1. The molecule has 0 radical (unpaired) electrons. The summed E-state index contributed by atoms with van der Waals surface area (Å²) in [5.41, 5.74) is 10.7. The van der Waals surface area contributed by atoms with Crippen LogP contribution in [0.3, 0.4) is 0 Å². The normalized spacial score (nSPS) is 12.0. The molecule has 4 rings (SSSR count). The Hall–Kier alpha value is -3.48. The Bertz CT molecular complexity index is 1230. The highest BCUT2D eigenvalue weighted by molar-refractivity contribution is 5.82. The van der Waals surface area contributed by atoms with Crippen LogP contribution in [0.25, 0.3) is 28.2 Å². The van der Waals surface area contributed by atoms with E-state index in [2.05, 4.69) is 10.3 Å². The first-order valence-corrected chi connectivity index (χ1v) is 10.3. The Morgan fingerprint density at radius 3 is 2.55 bits per heavy atom. The lowest BCUT2D eigenvalue weighted by Crippen LogP contribution is -2.14. The lowest BCUT2D eigenvalue weighted by molar-refractivity contribution is 0.0786. The summed E-state index contributed by atoms with van der Waals surface area (Å²) >= 11 is 0. The third-order valence-electron chi connectivity index (χ3n) is 5.27. The predicted molar refractivity (Wildman–Crippen MR) is 125 cm³/mol. The third-order valence-corrected chi connectivity index (χ3v) is 5.27. The number of nitrogens with two attached hydrogens (primary N) is 1. The van der Waals surface area contributed by atoms with Crippen molar-refractivity contribution in [3.8, 4) is 22.6 Å². The Labute approximate surface area is 182 Å². The van der Waals surface area contributed by atoms with Gasteiger partial charge in [0.2, 0.25) is 0 Å². The summed E-state index contributed by atoms with van der Waals surface area (Å²) in [6.45, 7) is 5.93. The molecule has 2 aromatic heterocycles. The average Bonchev–Trinajstić information content (AvgIpc) is 3.15. The van der Waals surface area contributed by atoms with Crippen LogP contribution < -0.4 is 11.1 Å². The van der Waals surface area contributed by atoms with E-state index in [4.69, 9.17) is 10.7 Å². The van der Waals surface area contributed by atoms with Crippen LogP contribution in [0.1, 0.15) is 31.9 Å². The van der Waals surface area contributed by atoms with Crippen LogP contribution in [0.5, 0.6) is 0 Å². The number of anilines is 1. The number of nitrogens with one attached hydrogen (secondary N) is 1. The molecule has 158 valence electrons. The Morgan fingerprint density at radius 2 is 1.87 bits per heavy atom. The van der Waals surface area contributed by atoms with Gasteiger partial charge >= 0.3 is 0 Å². The molecule has 6 nitrogen and oxygen atoms in total. The van der Waals surface area contributed by atoms with Crippen LogP contribution >= 0.6 is 0 Å².